The zero-order valence-electron chi connectivity index (χ0n) is 31.4. The number of sulfonamides is 1. The summed E-state index contributed by atoms with van der Waals surface area (Å²) in [6, 6.07) is 3.81. The van der Waals surface area contributed by atoms with Gasteiger partial charge in [0.25, 0.3) is 11.8 Å². The highest BCUT2D eigenvalue weighted by molar-refractivity contribution is 7.91. The summed E-state index contributed by atoms with van der Waals surface area (Å²) < 4.78 is 54.1. The molecule has 4 heterocycles. The lowest BCUT2D eigenvalue weighted by Gasteiger charge is -2.30. The Morgan fingerprint density at radius 1 is 1.12 bits per heavy atom. The summed E-state index contributed by atoms with van der Waals surface area (Å²) in [7, 11) is -4.02. The van der Waals surface area contributed by atoms with Crippen LogP contribution in [-0.4, -0.2) is 87.1 Å². The predicted octanol–water partition coefficient (Wildman–Crippen LogP) is 3.74. The largest absolute Gasteiger partial charge is 0.471 e. The van der Waals surface area contributed by atoms with Crippen LogP contribution in [0, 0.1) is 11.7 Å². The van der Waals surface area contributed by atoms with Gasteiger partial charge in [-0.2, -0.15) is 0 Å². The van der Waals surface area contributed by atoms with Crippen molar-refractivity contribution in [3.8, 4) is 5.88 Å². The normalized spacial score (nSPS) is 27.7. The number of para-hydroxylation sites is 1. The van der Waals surface area contributed by atoms with Crippen LogP contribution >= 0.6 is 0 Å². The molecule has 5 aliphatic rings. The van der Waals surface area contributed by atoms with Gasteiger partial charge in [-0.25, -0.2) is 22.8 Å². The first kappa shape index (κ1) is 38.0. The molecule has 0 unspecified atom stereocenters. The van der Waals surface area contributed by atoms with Crippen molar-refractivity contribution in [2.45, 2.75) is 125 Å². The van der Waals surface area contributed by atoms with Gasteiger partial charge < -0.3 is 24.8 Å². The second-order valence-corrected chi connectivity index (χ2v) is 18.3. The molecule has 0 radical (unpaired) electrons. The first-order chi connectivity index (χ1) is 26.8. The van der Waals surface area contributed by atoms with Gasteiger partial charge in [-0.3, -0.25) is 23.9 Å². The third kappa shape index (κ3) is 7.37. The maximum Gasteiger partial charge on any atom is 0.274 e. The number of rotatable bonds is 9. The van der Waals surface area contributed by atoms with Crippen LogP contribution in [0.2, 0.25) is 0 Å². The summed E-state index contributed by atoms with van der Waals surface area (Å²) in [4.78, 5) is 66.8. The van der Waals surface area contributed by atoms with E-state index in [0.29, 0.717) is 49.1 Å². The standard InChI is InChI=1S/C39H46FN7O8S/c1-3-26-35(43-32-25(40)11-9-13-27(32)41-26)54-24-18-30-34(49)44-39(37(51)46-56(52,53)38(2)16-17-38)20-23(39)10-7-5-4-6-8-12-28(36(50)47(30)21-24)42-33(48)29-19-31(55-45-29)22-14-15-22/h7,9-11,13,19,22-24,28,30H,3-6,8,12,14-18,20-21H2,1-2H3,(H,42,48)(H,44,49)(H,46,51)/t23-,24-,28+,30+,39-/m1/s1. The topological polar surface area (TPSA) is 203 Å². The van der Waals surface area contributed by atoms with Crippen LogP contribution in [0.15, 0.2) is 40.9 Å². The van der Waals surface area contributed by atoms with Gasteiger partial charge in [-0.05, 0) is 76.8 Å². The van der Waals surface area contributed by atoms with Crippen LogP contribution < -0.4 is 20.1 Å². The smallest absolute Gasteiger partial charge is 0.274 e. The van der Waals surface area contributed by atoms with E-state index >= 15 is 0 Å². The van der Waals surface area contributed by atoms with Gasteiger partial charge in [-0.1, -0.05) is 43.1 Å². The van der Waals surface area contributed by atoms with Crippen LogP contribution in [0.1, 0.15) is 112 Å². The minimum Gasteiger partial charge on any atom is -0.471 e. The highest BCUT2D eigenvalue weighted by Crippen LogP contribution is 2.47. The molecule has 56 heavy (non-hydrogen) atoms. The van der Waals surface area contributed by atoms with Gasteiger partial charge in [-0.15, -0.1) is 0 Å². The molecule has 3 aliphatic carbocycles. The maximum atomic E-state index is 14.8. The third-order valence-electron chi connectivity index (χ3n) is 11.8. The number of carbonyl (C=O) groups excluding carboxylic acids is 4. The molecule has 4 fully saturated rings. The van der Waals surface area contributed by atoms with Gasteiger partial charge in [0.2, 0.25) is 27.7 Å². The predicted molar refractivity (Wildman–Crippen MR) is 199 cm³/mol. The number of aryl methyl sites for hydroxylation is 1. The molecule has 3 aromatic rings. The van der Waals surface area contributed by atoms with E-state index in [1.165, 1.54) is 17.0 Å². The lowest BCUT2D eigenvalue weighted by molar-refractivity contribution is -0.141. The van der Waals surface area contributed by atoms with Gasteiger partial charge in [0.15, 0.2) is 11.5 Å². The molecule has 5 atom stereocenters. The first-order valence-corrected chi connectivity index (χ1v) is 21.0. The fourth-order valence-corrected chi connectivity index (χ4v) is 8.99. The van der Waals surface area contributed by atoms with Crippen LogP contribution in [0.3, 0.4) is 0 Å². The third-order valence-corrected chi connectivity index (χ3v) is 14.0. The highest BCUT2D eigenvalue weighted by atomic mass is 32.2. The number of benzene rings is 1. The Morgan fingerprint density at radius 3 is 2.68 bits per heavy atom. The molecule has 2 aromatic heterocycles. The number of allylic oxidation sites excluding steroid dienone is 1. The molecule has 3 N–H and O–H groups in total. The fourth-order valence-electron chi connectivity index (χ4n) is 7.68. The van der Waals surface area contributed by atoms with Gasteiger partial charge in [0.05, 0.1) is 16.8 Å². The Morgan fingerprint density at radius 2 is 1.93 bits per heavy atom. The average molecular weight is 792 g/mol. The van der Waals surface area contributed by atoms with Crippen molar-refractivity contribution in [1.29, 1.82) is 0 Å². The Hall–Kier alpha value is -4.93. The molecule has 8 rings (SSSR count). The molecule has 1 saturated heterocycles. The zero-order valence-corrected chi connectivity index (χ0v) is 32.2. The zero-order chi connectivity index (χ0) is 39.4. The SMILES string of the molecule is CCc1nc2cccc(F)c2nc1O[C@@H]1C[C@H]2C(=O)N[C@]3(C(=O)NS(=O)(=O)C4(C)CC4)C[C@H]3C=CCCCCC[C@H](NC(=O)c3cc(C4CC4)on3)C(=O)N2C1. The molecule has 3 saturated carbocycles. The van der Waals surface area contributed by atoms with Crippen LogP contribution in [-0.2, 0) is 30.8 Å². The Kier molecular flexibility index (Phi) is 9.86. The van der Waals surface area contributed by atoms with Crippen LogP contribution in [0.5, 0.6) is 5.88 Å². The molecule has 0 bridgehead atoms. The number of carbonyl (C=O) groups is 4. The Balaban J connectivity index is 1.10. The molecular weight excluding hydrogens is 746 g/mol. The van der Waals surface area contributed by atoms with E-state index in [-0.39, 0.29) is 48.8 Å². The summed E-state index contributed by atoms with van der Waals surface area (Å²) >= 11 is 0. The number of hydrogen-bond acceptors (Lipinski definition) is 11. The van der Waals surface area contributed by atoms with Crippen molar-refractivity contribution in [2.24, 2.45) is 5.92 Å². The maximum absolute atomic E-state index is 14.8. The van der Waals surface area contributed by atoms with E-state index in [9.17, 15) is 32.0 Å². The van der Waals surface area contributed by atoms with E-state index in [1.54, 1.807) is 19.1 Å². The summed E-state index contributed by atoms with van der Waals surface area (Å²) in [5.41, 5.74) is -0.684. The number of aromatic nitrogens is 3. The lowest BCUT2D eigenvalue weighted by atomic mass is 10.0. The van der Waals surface area contributed by atoms with E-state index in [2.05, 4.69) is 30.5 Å². The first-order valence-electron chi connectivity index (χ1n) is 19.6. The Labute approximate surface area is 323 Å². The van der Waals surface area contributed by atoms with E-state index in [4.69, 9.17) is 9.26 Å². The van der Waals surface area contributed by atoms with Crippen molar-refractivity contribution in [2.75, 3.05) is 6.54 Å². The summed E-state index contributed by atoms with van der Waals surface area (Å²) in [5, 5.41) is 9.64. The number of nitrogens with zero attached hydrogens (tertiary/aromatic N) is 4. The fraction of sp³-hybridized carbons (Fsp3) is 0.564. The molecule has 17 heteroatoms. The summed E-state index contributed by atoms with van der Waals surface area (Å²) in [6.45, 7) is 3.32. The minimum absolute atomic E-state index is 0.0117. The molecule has 15 nitrogen and oxygen atoms in total. The molecular formula is C39H46FN7O8S. The molecule has 4 amide bonds. The van der Waals surface area contributed by atoms with Gasteiger partial charge >= 0.3 is 0 Å². The Bertz CT molecular complexity index is 2220. The second-order valence-electron chi connectivity index (χ2n) is 16.1. The molecule has 1 aromatic carbocycles. The molecule has 2 aliphatic heterocycles. The summed E-state index contributed by atoms with van der Waals surface area (Å²) in [5.74, 6) is -2.78. The number of fused-ring (bicyclic) bond motifs is 3. The van der Waals surface area contributed by atoms with Crippen molar-refractivity contribution in [3.63, 3.8) is 0 Å². The molecule has 0 spiro atoms. The number of amides is 4. The van der Waals surface area contributed by atoms with Crippen molar-refractivity contribution < 1.29 is 41.2 Å². The number of hydrogen-bond donors (Lipinski definition) is 3. The van der Waals surface area contributed by atoms with E-state index < -0.39 is 73.9 Å². The average Bonchev–Trinajstić information content (AvgIpc) is 4.14. The second kappa shape index (κ2) is 14.5. The molecule has 298 valence electrons. The highest BCUT2D eigenvalue weighted by Gasteiger charge is 2.63. The van der Waals surface area contributed by atoms with E-state index in [0.717, 1.165) is 25.7 Å². The monoisotopic (exact) mass is 791 g/mol. The van der Waals surface area contributed by atoms with Crippen LogP contribution in [0.4, 0.5) is 4.39 Å². The summed E-state index contributed by atoms with van der Waals surface area (Å²) in [6.07, 6.45) is 9.26. The number of ether oxygens (including phenoxy) is 1. The number of halogens is 1. The quantitative estimate of drug-likeness (QED) is 0.267. The lowest BCUT2D eigenvalue weighted by Crippen LogP contribution is -2.58. The minimum atomic E-state index is -4.02. The number of nitrogens with one attached hydrogen (secondary N) is 3. The van der Waals surface area contributed by atoms with Gasteiger partial charge in [0, 0.05) is 24.3 Å². The van der Waals surface area contributed by atoms with Crippen molar-refractivity contribution >= 4 is 44.7 Å². The van der Waals surface area contributed by atoms with Crippen molar-refractivity contribution in [3.05, 3.63) is 59.4 Å². The van der Waals surface area contributed by atoms with Crippen molar-refractivity contribution in [1.82, 2.24) is 35.4 Å². The van der Waals surface area contributed by atoms with E-state index in [1.807, 2.05) is 19.1 Å². The van der Waals surface area contributed by atoms with Gasteiger partial charge in [0.1, 0.15) is 40.7 Å². The van der Waals surface area contributed by atoms with Crippen LogP contribution in [0.25, 0.3) is 11.0 Å².